The second-order valence-corrected chi connectivity index (χ2v) is 5.50. The molecular formula is C17H18N4O2. The molecule has 1 fully saturated rings. The van der Waals surface area contributed by atoms with Crippen LogP contribution in [0.25, 0.3) is 0 Å². The van der Waals surface area contributed by atoms with Crippen molar-refractivity contribution >= 4 is 17.5 Å². The highest BCUT2D eigenvalue weighted by Crippen LogP contribution is 2.21. The second kappa shape index (κ2) is 6.56. The largest absolute Gasteiger partial charge is 0.336 e. The molecule has 1 aromatic carbocycles. The van der Waals surface area contributed by atoms with Gasteiger partial charge in [-0.15, -0.1) is 0 Å². The molecule has 118 valence electrons. The summed E-state index contributed by atoms with van der Waals surface area (Å²) < 4.78 is 0. The van der Waals surface area contributed by atoms with Crippen LogP contribution in [0.1, 0.15) is 23.0 Å². The van der Waals surface area contributed by atoms with Gasteiger partial charge in [-0.2, -0.15) is 0 Å². The molecule has 6 nitrogen and oxygen atoms in total. The summed E-state index contributed by atoms with van der Waals surface area (Å²) in [4.78, 5) is 33.9. The summed E-state index contributed by atoms with van der Waals surface area (Å²) in [5.41, 5.74) is 2.26. The maximum absolute atomic E-state index is 12.3. The third-order valence-electron chi connectivity index (χ3n) is 3.98. The average molecular weight is 310 g/mol. The maximum Gasteiger partial charge on any atom is 0.274 e. The fourth-order valence-corrected chi connectivity index (χ4v) is 2.57. The van der Waals surface area contributed by atoms with Gasteiger partial charge < -0.3 is 10.2 Å². The number of nitrogens with one attached hydrogen (secondary N) is 1. The molecule has 1 aliphatic rings. The molecule has 1 aliphatic heterocycles. The molecule has 0 bridgehead atoms. The van der Waals surface area contributed by atoms with Crippen molar-refractivity contribution in [2.24, 2.45) is 5.92 Å². The Morgan fingerprint density at radius 2 is 2.04 bits per heavy atom. The van der Waals surface area contributed by atoms with Gasteiger partial charge in [-0.05, 0) is 18.1 Å². The van der Waals surface area contributed by atoms with Crippen LogP contribution in [0.15, 0.2) is 42.9 Å². The highest BCUT2D eigenvalue weighted by molar-refractivity contribution is 5.97. The number of nitrogens with zero attached hydrogens (tertiary/aromatic N) is 3. The van der Waals surface area contributed by atoms with Crippen LogP contribution in [-0.2, 0) is 11.2 Å². The molecule has 1 saturated heterocycles. The highest BCUT2D eigenvalue weighted by atomic mass is 16.2. The lowest BCUT2D eigenvalue weighted by Crippen LogP contribution is -2.54. The Bertz CT molecular complexity index is 712. The Labute approximate surface area is 134 Å². The molecule has 2 aromatic rings. The van der Waals surface area contributed by atoms with Crippen LogP contribution in [0, 0.1) is 5.92 Å². The number of carbonyl (C=O) groups excluding carboxylic acids is 2. The summed E-state index contributed by atoms with van der Waals surface area (Å²) in [6.07, 6.45) is 5.30. The van der Waals surface area contributed by atoms with E-state index in [9.17, 15) is 9.59 Å². The molecule has 1 aromatic heterocycles. The molecule has 23 heavy (non-hydrogen) atoms. The zero-order valence-corrected chi connectivity index (χ0v) is 12.9. The monoisotopic (exact) mass is 310 g/mol. The van der Waals surface area contributed by atoms with Gasteiger partial charge in [0.1, 0.15) is 5.69 Å². The summed E-state index contributed by atoms with van der Waals surface area (Å²) in [5.74, 6) is -0.411. The Hall–Kier alpha value is -2.76. The van der Waals surface area contributed by atoms with Gasteiger partial charge in [-0.3, -0.25) is 14.6 Å². The topological polar surface area (TPSA) is 75.2 Å². The summed E-state index contributed by atoms with van der Waals surface area (Å²) >= 11 is 0. The fourth-order valence-electron chi connectivity index (χ4n) is 2.57. The smallest absolute Gasteiger partial charge is 0.274 e. The van der Waals surface area contributed by atoms with E-state index in [-0.39, 0.29) is 17.7 Å². The van der Waals surface area contributed by atoms with Gasteiger partial charge in [0, 0.05) is 31.2 Å². The first-order valence-corrected chi connectivity index (χ1v) is 7.63. The molecule has 1 N–H and O–H groups in total. The van der Waals surface area contributed by atoms with Gasteiger partial charge >= 0.3 is 0 Å². The van der Waals surface area contributed by atoms with Crippen LogP contribution < -0.4 is 5.32 Å². The van der Waals surface area contributed by atoms with E-state index in [0.29, 0.717) is 18.8 Å². The van der Waals surface area contributed by atoms with Gasteiger partial charge in [0.15, 0.2) is 0 Å². The van der Waals surface area contributed by atoms with E-state index in [2.05, 4.69) is 22.2 Å². The van der Waals surface area contributed by atoms with Gasteiger partial charge in [0.25, 0.3) is 5.91 Å². The summed E-state index contributed by atoms with van der Waals surface area (Å²) in [7, 11) is 0. The zero-order chi connectivity index (χ0) is 16.2. The number of hydrogen-bond acceptors (Lipinski definition) is 4. The maximum atomic E-state index is 12.3. The highest BCUT2D eigenvalue weighted by Gasteiger charge is 2.36. The van der Waals surface area contributed by atoms with Gasteiger partial charge in [0.05, 0.1) is 12.1 Å². The minimum atomic E-state index is -0.184. The van der Waals surface area contributed by atoms with E-state index in [4.69, 9.17) is 0 Å². The Morgan fingerprint density at radius 1 is 1.26 bits per heavy atom. The standard InChI is InChI=1S/C17H18N4O2/c1-2-12-5-3-4-6-14(12)20-16(22)13-10-21(11-13)17(23)15-9-18-7-8-19-15/h3-9,13H,2,10-11H2,1H3,(H,20,22). The van der Waals surface area contributed by atoms with Crippen molar-refractivity contribution in [3.8, 4) is 0 Å². The van der Waals surface area contributed by atoms with E-state index >= 15 is 0 Å². The summed E-state index contributed by atoms with van der Waals surface area (Å²) in [6.45, 7) is 2.88. The van der Waals surface area contributed by atoms with Crippen molar-refractivity contribution in [1.82, 2.24) is 14.9 Å². The van der Waals surface area contributed by atoms with Crippen LogP contribution in [0.5, 0.6) is 0 Å². The van der Waals surface area contributed by atoms with Crippen LogP contribution >= 0.6 is 0 Å². The Morgan fingerprint density at radius 3 is 2.74 bits per heavy atom. The van der Waals surface area contributed by atoms with Crippen molar-refractivity contribution in [2.75, 3.05) is 18.4 Å². The van der Waals surface area contributed by atoms with E-state index in [1.807, 2.05) is 24.3 Å². The molecule has 0 radical (unpaired) electrons. The molecule has 3 rings (SSSR count). The number of hydrogen-bond donors (Lipinski definition) is 1. The third-order valence-corrected chi connectivity index (χ3v) is 3.98. The number of carbonyl (C=O) groups is 2. The van der Waals surface area contributed by atoms with Crippen molar-refractivity contribution in [3.05, 3.63) is 54.1 Å². The average Bonchev–Trinajstić information content (AvgIpc) is 2.54. The first kappa shape index (κ1) is 15.1. The number of amides is 2. The molecule has 0 atom stereocenters. The summed E-state index contributed by atoms with van der Waals surface area (Å²) in [5, 5.41) is 2.96. The van der Waals surface area contributed by atoms with Crippen molar-refractivity contribution in [2.45, 2.75) is 13.3 Å². The van der Waals surface area contributed by atoms with Crippen LogP contribution in [0.2, 0.25) is 0 Å². The zero-order valence-electron chi connectivity index (χ0n) is 12.9. The number of benzene rings is 1. The normalized spacial score (nSPS) is 14.2. The van der Waals surface area contributed by atoms with Crippen molar-refractivity contribution in [3.63, 3.8) is 0 Å². The third kappa shape index (κ3) is 3.21. The van der Waals surface area contributed by atoms with E-state index in [1.165, 1.54) is 18.6 Å². The first-order chi connectivity index (χ1) is 11.2. The second-order valence-electron chi connectivity index (χ2n) is 5.50. The SMILES string of the molecule is CCc1ccccc1NC(=O)C1CN(C(=O)c2cnccn2)C1. The number of aryl methyl sites for hydroxylation is 1. The lowest BCUT2D eigenvalue weighted by molar-refractivity contribution is -0.123. The van der Waals surface area contributed by atoms with Gasteiger partial charge in [-0.1, -0.05) is 25.1 Å². The minimum absolute atomic E-state index is 0.0471. The van der Waals surface area contributed by atoms with E-state index < -0.39 is 0 Å². The van der Waals surface area contributed by atoms with E-state index in [1.54, 1.807) is 4.90 Å². The molecule has 0 aliphatic carbocycles. The molecule has 0 saturated carbocycles. The van der Waals surface area contributed by atoms with E-state index in [0.717, 1.165) is 17.7 Å². The Kier molecular flexibility index (Phi) is 4.32. The predicted octanol–water partition coefficient (Wildman–Crippen LogP) is 1.75. The number of rotatable bonds is 4. The number of likely N-dealkylation sites (tertiary alicyclic amines) is 1. The fraction of sp³-hybridized carbons (Fsp3) is 0.294. The molecule has 6 heteroatoms. The number of anilines is 1. The first-order valence-electron chi connectivity index (χ1n) is 7.63. The summed E-state index contributed by atoms with van der Waals surface area (Å²) in [6, 6.07) is 7.76. The lowest BCUT2D eigenvalue weighted by Gasteiger charge is -2.37. The molecule has 0 unspecified atom stereocenters. The number of aromatic nitrogens is 2. The Balaban J connectivity index is 1.57. The van der Waals surface area contributed by atoms with Gasteiger partial charge in [0.2, 0.25) is 5.91 Å². The molecule has 2 amide bonds. The van der Waals surface area contributed by atoms with Crippen LogP contribution in [-0.4, -0.2) is 39.8 Å². The number of para-hydroxylation sites is 1. The van der Waals surface area contributed by atoms with Crippen molar-refractivity contribution < 1.29 is 9.59 Å². The van der Waals surface area contributed by atoms with Crippen molar-refractivity contribution in [1.29, 1.82) is 0 Å². The lowest BCUT2D eigenvalue weighted by atomic mass is 9.98. The van der Waals surface area contributed by atoms with Gasteiger partial charge in [-0.25, -0.2) is 4.98 Å². The molecular weight excluding hydrogens is 292 g/mol. The molecule has 0 spiro atoms. The quantitative estimate of drug-likeness (QED) is 0.933. The predicted molar refractivity (Wildman–Crippen MR) is 85.9 cm³/mol. The minimum Gasteiger partial charge on any atom is -0.336 e. The molecule has 2 heterocycles. The van der Waals surface area contributed by atoms with Crippen LogP contribution in [0.4, 0.5) is 5.69 Å². The van der Waals surface area contributed by atoms with Crippen LogP contribution in [0.3, 0.4) is 0 Å².